The smallest absolute Gasteiger partial charge is 0.283 e. The molecule has 2 aromatic rings. The average molecular weight is 285 g/mol. The van der Waals surface area contributed by atoms with Gasteiger partial charge in [0, 0.05) is 11.1 Å². The normalized spacial score (nSPS) is 14.2. The molecule has 2 N–H and O–H groups in total. The van der Waals surface area contributed by atoms with E-state index in [-0.39, 0.29) is 11.3 Å². The van der Waals surface area contributed by atoms with Gasteiger partial charge in [0.1, 0.15) is 5.82 Å². The molecule has 0 saturated carbocycles. The molecular weight excluding hydrogens is 274 g/mol. The molecule has 1 aliphatic rings. The van der Waals surface area contributed by atoms with E-state index in [0.717, 1.165) is 10.5 Å². The number of rotatable bonds is 1. The van der Waals surface area contributed by atoms with Crippen LogP contribution in [0.2, 0.25) is 0 Å². The lowest BCUT2D eigenvalue weighted by Crippen LogP contribution is -2.15. The lowest BCUT2D eigenvalue weighted by molar-refractivity contribution is -0.110. The van der Waals surface area contributed by atoms with Crippen LogP contribution in [0.1, 0.15) is 10.4 Å². The number of fused-ring (bicyclic) bond motifs is 1. The minimum atomic E-state index is -0.365. The molecule has 3 rings (SSSR count). The van der Waals surface area contributed by atoms with Gasteiger partial charge in [-0.05, 0) is 30.7 Å². The van der Waals surface area contributed by atoms with Gasteiger partial charge in [-0.1, -0.05) is 12.2 Å². The van der Waals surface area contributed by atoms with Crippen LogP contribution in [-0.4, -0.2) is 15.2 Å². The van der Waals surface area contributed by atoms with Gasteiger partial charge in [0.15, 0.2) is 10.7 Å². The van der Waals surface area contributed by atoms with Crippen molar-refractivity contribution in [1.29, 1.82) is 0 Å². The summed E-state index contributed by atoms with van der Waals surface area (Å²) in [4.78, 5) is 28.7. The Labute approximate surface area is 118 Å². The van der Waals surface area contributed by atoms with E-state index in [4.69, 9.17) is 5.73 Å². The van der Waals surface area contributed by atoms with Crippen LogP contribution in [0.3, 0.4) is 0 Å². The first-order chi connectivity index (χ1) is 9.54. The average Bonchev–Trinajstić information content (AvgIpc) is 2.77. The third-order valence-electron chi connectivity index (χ3n) is 2.92. The molecule has 5 nitrogen and oxygen atoms in total. The first-order valence-electron chi connectivity index (χ1n) is 5.95. The molecule has 0 spiro atoms. The van der Waals surface area contributed by atoms with E-state index < -0.39 is 0 Å². The Balaban J connectivity index is 2.19. The molecule has 1 aliphatic carbocycles. The molecule has 0 fully saturated rings. The summed E-state index contributed by atoms with van der Waals surface area (Å²) in [6, 6.07) is 0. The zero-order chi connectivity index (χ0) is 14.3. The van der Waals surface area contributed by atoms with Gasteiger partial charge < -0.3 is 5.73 Å². The van der Waals surface area contributed by atoms with Crippen molar-refractivity contribution in [3.63, 3.8) is 0 Å². The van der Waals surface area contributed by atoms with E-state index in [1.165, 1.54) is 23.5 Å². The van der Waals surface area contributed by atoms with E-state index in [9.17, 15) is 9.59 Å². The molecule has 0 saturated heterocycles. The second kappa shape index (κ2) is 4.57. The number of ketones is 1. The fourth-order valence-corrected chi connectivity index (χ4v) is 2.78. The minimum absolute atomic E-state index is 0.0751. The van der Waals surface area contributed by atoms with Gasteiger partial charge >= 0.3 is 0 Å². The minimum Gasteiger partial charge on any atom is -0.384 e. The van der Waals surface area contributed by atoms with E-state index in [1.54, 1.807) is 22.6 Å². The highest BCUT2D eigenvalue weighted by molar-refractivity contribution is 7.16. The number of carbonyl (C=O) groups is 1. The standard InChI is InChI=1S/C14H11N3O2S/c1-8-7-17-12(15)11(13(19)16-14(17)20-8)6-9-2-4-10(18)5-3-9/h2-7H,15H2,1H3. The maximum Gasteiger partial charge on any atom is 0.283 e. The van der Waals surface area contributed by atoms with E-state index in [2.05, 4.69) is 4.98 Å². The molecule has 0 aliphatic heterocycles. The fourth-order valence-electron chi connectivity index (χ4n) is 1.96. The summed E-state index contributed by atoms with van der Waals surface area (Å²) in [7, 11) is 0. The number of nitrogens with two attached hydrogens (primary N) is 1. The number of nitrogens with zero attached hydrogens (tertiary/aromatic N) is 2. The molecule has 0 atom stereocenters. The molecule has 2 aromatic heterocycles. The van der Waals surface area contributed by atoms with Crippen molar-refractivity contribution in [2.24, 2.45) is 0 Å². The Kier molecular flexibility index (Phi) is 2.87. The first-order valence-corrected chi connectivity index (χ1v) is 6.76. The Morgan fingerprint density at radius 1 is 1.25 bits per heavy atom. The van der Waals surface area contributed by atoms with Gasteiger partial charge in [0.2, 0.25) is 0 Å². The number of carbonyl (C=O) groups excluding carboxylic acids is 1. The number of hydrogen-bond donors (Lipinski definition) is 1. The molecule has 0 amide bonds. The van der Waals surface area contributed by atoms with E-state index in [1.807, 2.05) is 13.1 Å². The highest BCUT2D eigenvalue weighted by Gasteiger charge is 2.11. The van der Waals surface area contributed by atoms with Crippen LogP contribution < -0.4 is 11.3 Å². The van der Waals surface area contributed by atoms with Gasteiger partial charge in [0.25, 0.3) is 5.56 Å². The third-order valence-corrected chi connectivity index (χ3v) is 3.82. The van der Waals surface area contributed by atoms with E-state index in [0.29, 0.717) is 16.3 Å². The lowest BCUT2D eigenvalue weighted by Gasteiger charge is -2.04. The van der Waals surface area contributed by atoms with Crippen molar-refractivity contribution >= 4 is 34.0 Å². The molecule has 0 unspecified atom stereocenters. The van der Waals surface area contributed by atoms with Crippen molar-refractivity contribution < 1.29 is 4.79 Å². The Morgan fingerprint density at radius 3 is 2.65 bits per heavy atom. The summed E-state index contributed by atoms with van der Waals surface area (Å²) in [6.07, 6.45) is 9.67. The summed E-state index contributed by atoms with van der Waals surface area (Å²) < 4.78 is 1.70. The molecular formula is C14H11N3O2S. The summed E-state index contributed by atoms with van der Waals surface area (Å²) in [5, 5.41) is 0. The van der Waals surface area contributed by atoms with Crippen molar-refractivity contribution in [3.8, 4) is 0 Å². The zero-order valence-corrected chi connectivity index (χ0v) is 11.5. The van der Waals surface area contributed by atoms with Crippen LogP contribution >= 0.6 is 11.3 Å². The molecule has 0 bridgehead atoms. The predicted molar refractivity (Wildman–Crippen MR) is 79.8 cm³/mol. The van der Waals surface area contributed by atoms with Crippen LogP contribution in [0.5, 0.6) is 0 Å². The van der Waals surface area contributed by atoms with Crippen LogP contribution in [-0.2, 0) is 4.79 Å². The number of nitrogen functional groups attached to an aromatic ring is 1. The van der Waals surface area contributed by atoms with Gasteiger partial charge in [-0.25, -0.2) is 0 Å². The largest absolute Gasteiger partial charge is 0.384 e. The monoisotopic (exact) mass is 285 g/mol. The summed E-state index contributed by atoms with van der Waals surface area (Å²) in [6.45, 7) is 1.93. The van der Waals surface area contributed by atoms with Crippen LogP contribution in [0.4, 0.5) is 5.82 Å². The lowest BCUT2D eigenvalue weighted by atomic mass is 10.1. The van der Waals surface area contributed by atoms with Crippen molar-refractivity contribution in [3.05, 3.63) is 56.9 Å². The molecule has 0 aromatic carbocycles. The summed E-state index contributed by atoms with van der Waals surface area (Å²) >= 11 is 1.41. The van der Waals surface area contributed by atoms with Crippen molar-refractivity contribution in [2.45, 2.75) is 6.92 Å². The van der Waals surface area contributed by atoms with Gasteiger partial charge in [-0.3, -0.25) is 14.0 Å². The van der Waals surface area contributed by atoms with E-state index >= 15 is 0 Å². The van der Waals surface area contributed by atoms with Gasteiger partial charge in [0.05, 0.1) is 5.56 Å². The molecule has 0 radical (unpaired) electrons. The van der Waals surface area contributed by atoms with Gasteiger partial charge in [-0.2, -0.15) is 4.98 Å². The molecule has 100 valence electrons. The third kappa shape index (κ3) is 2.10. The fraction of sp³-hybridized carbons (Fsp3) is 0.0714. The number of aryl methyl sites for hydroxylation is 1. The summed E-state index contributed by atoms with van der Waals surface area (Å²) in [5.41, 5.74) is 6.75. The molecule has 20 heavy (non-hydrogen) atoms. The van der Waals surface area contributed by atoms with Crippen molar-refractivity contribution in [2.75, 3.05) is 5.73 Å². The van der Waals surface area contributed by atoms with Crippen LogP contribution in [0.15, 0.2) is 40.9 Å². The highest BCUT2D eigenvalue weighted by Crippen LogP contribution is 2.20. The number of thiazole rings is 1. The Hall–Kier alpha value is -2.47. The maximum atomic E-state index is 12.0. The van der Waals surface area contributed by atoms with Crippen LogP contribution in [0, 0.1) is 6.92 Å². The number of anilines is 1. The van der Waals surface area contributed by atoms with Crippen LogP contribution in [0.25, 0.3) is 11.0 Å². The Morgan fingerprint density at radius 2 is 1.95 bits per heavy atom. The maximum absolute atomic E-state index is 12.0. The second-order valence-corrected chi connectivity index (χ2v) is 5.64. The first kappa shape index (κ1) is 12.6. The molecule has 6 heteroatoms. The van der Waals surface area contributed by atoms with Gasteiger partial charge in [-0.15, -0.1) is 11.3 Å². The second-order valence-electron chi connectivity index (χ2n) is 4.42. The summed E-state index contributed by atoms with van der Waals surface area (Å²) in [5.74, 6) is 0.282. The quantitative estimate of drug-likeness (QED) is 0.865. The Bertz CT molecular complexity index is 850. The number of hydrogen-bond acceptors (Lipinski definition) is 5. The highest BCUT2D eigenvalue weighted by atomic mass is 32.1. The zero-order valence-electron chi connectivity index (χ0n) is 10.7. The predicted octanol–water partition coefficient (Wildman–Crippen LogP) is 1.73. The number of aromatic nitrogens is 2. The number of allylic oxidation sites excluding steroid dienone is 5. The topological polar surface area (TPSA) is 77.5 Å². The molecule has 2 heterocycles. The SMILES string of the molecule is Cc1cn2c(N)c(C=C3C=CC(=O)C=C3)c(=O)nc2s1. The van der Waals surface area contributed by atoms with Crippen molar-refractivity contribution in [1.82, 2.24) is 9.38 Å².